The molecule has 1 amide bonds. The number of halogens is 1. The second kappa shape index (κ2) is 5.26. The van der Waals surface area contributed by atoms with Crippen LogP contribution in [0.1, 0.15) is 13.3 Å². The number of rotatable bonds is 4. The molecule has 1 aromatic rings. The van der Waals surface area contributed by atoms with Crippen LogP contribution in [0, 0.1) is 17.7 Å². The number of fused-ring (bicyclic) bond motifs is 1. The van der Waals surface area contributed by atoms with Gasteiger partial charge in [0.2, 0.25) is 5.91 Å². The summed E-state index contributed by atoms with van der Waals surface area (Å²) in [6, 6.07) is 5.49. The van der Waals surface area contributed by atoms with Gasteiger partial charge in [0.1, 0.15) is 17.3 Å². The van der Waals surface area contributed by atoms with Gasteiger partial charge in [-0.2, -0.15) is 0 Å². The molecule has 25 heavy (non-hydrogen) atoms. The fraction of sp³-hybridized carbons (Fsp3) is 0.368. The average molecular weight is 343 g/mol. The highest BCUT2D eigenvalue weighted by Crippen LogP contribution is 2.56. The van der Waals surface area contributed by atoms with Crippen LogP contribution in [0.4, 0.5) is 10.1 Å². The first kappa shape index (κ1) is 16.0. The van der Waals surface area contributed by atoms with Crippen LogP contribution in [0.2, 0.25) is 0 Å². The van der Waals surface area contributed by atoms with Crippen LogP contribution in [0.5, 0.6) is 0 Å². The molecule has 2 bridgehead atoms. The second-order valence-corrected chi connectivity index (χ2v) is 6.97. The van der Waals surface area contributed by atoms with E-state index in [-0.39, 0.29) is 5.69 Å². The quantitative estimate of drug-likeness (QED) is 0.853. The van der Waals surface area contributed by atoms with E-state index in [1.807, 2.05) is 6.92 Å². The fourth-order valence-corrected chi connectivity index (χ4v) is 4.45. The number of anilines is 1. The van der Waals surface area contributed by atoms with Gasteiger partial charge >= 0.3 is 5.97 Å². The summed E-state index contributed by atoms with van der Waals surface area (Å²) in [6.45, 7) is 5.74. The molecule has 2 fully saturated rings. The monoisotopic (exact) mass is 343 g/mol. The van der Waals surface area contributed by atoms with E-state index in [0.29, 0.717) is 6.42 Å². The lowest BCUT2D eigenvalue weighted by Gasteiger charge is -2.33. The molecule has 1 aromatic carbocycles. The molecule has 3 aliphatic rings. The lowest BCUT2D eigenvalue weighted by molar-refractivity contribution is -0.146. The number of carbonyl (C=O) groups excluding carboxylic acids is 1. The molecule has 1 N–H and O–H groups in total. The van der Waals surface area contributed by atoms with Gasteiger partial charge in [-0.3, -0.25) is 9.59 Å². The number of hydrogen-bond donors (Lipinski definition) is 1. The maximum absolute atomic E-state index is 14.4. The largest absolute Gasteiger partial charge is 0.481 e. The third-order valence-corrected chi connectivity index (χ3v) is 5.36. The molecule has 5 nitrogen and oxygen atoms in total. The molecular weight excluding hydrogens is 325 g/mol. The Kier molecular flexibility index (Phi) is 3.37. The fourth-order valence-electron chi connectivity index (χ4n) is 4.45. The number of amides is 1. The molecule has 6 heteroatoms. The van der Waals surface area contributed by atoms with E-state index in [9.17, 15) is 19.1 Å². The van der Waals surface area contributed by atoms with Crippen LogP contribution in [-0.4, -0.2) is 34.7 Å². The lowest BCUT2D eigenvalue weighted by Crippen LogP contribution is -2.45. The third-order valence-electron chi connectivity index (χ3n) is 5.36. The van der Waals surface area contributed by atoms with Crippen molar-refractivity contribution in [1.82, 2.24) is 0 Å². The van der Waals surface area contributed by atoms with Crippen molar-refractivity contribution in [2.24, 2.45) is 11.8 Å². The van der Waals surface area contributed by atoms with Crippen molar-refractivity contribution in [3.8, 4) is 0 Å². The highest BCUT2D eigenvalue weighted by atomic mass is 19.1. The summed E-state index contributed by atoms with van der Waals surface area (Å²) in [4.78, 5) is 26.3. The molecule has 0 aliphatic carbocycles. The van der Waals surface area contributed by atoms with Crippen molar-refractivity contribution in [3.05, 3.63) is 54.4 Å². The van der Waals surface area contributed by atoms with Crippen LogP contribution in [0.3, 0.4) is 0 Å². The number of nitrogens with zero attached hydrogens (tertiary/aromatic N) is 1. The Labute approximate surface area is 144 Å². The molecule has 0 saturated carbocycles. The highest BCUT2D eigenvalue weighted by molar-refractivity contribution is 6.03. The standard InChI is InChI=1S/C19H18FNO4/c1-10(2)9-14-19-8-7-13(25-19)15(18(23)24)16(19)17(22)21(14)12-6-4-3-5-11(12)20/h3-8,13-16H,1,9H2,2H3,(H,23,24)/t13-,14-,15-,16-,19-/m1/s1. The zero-order chi connectivity index (χ0) is 17.9. The van der Waals surface area contributed by atoms with Crippen molar-refractivity contribution in [3.63, 3.8) is 0 Å². The Bertz CT molecular complexity index is 819. The number of carboxylic acid groups (broad SMARTS) is 1. The Morgan fingerprint density at radius 1 is 1.44 bits per heavy atom. The van der Waals surface area contributed by atoms with Gasteiger partial charge in [-0.25, -0.2) is 4.39 Å². The van der Waals surface area contributed by atoms with E-state index in [2.05, 4.69) is 6.58 Å². The first-order chi connectivity index (χ1) is 11.9. The molecule has 0 radical (unpaired) electrons. The van der Waals surface area contributed by atoms with E-state index in [1.54, 1.807) is 24.3 Å². The van der Waals surface area contributed by atoms with Gasteiger partial charge < -0.3 is 14.7 Å². The summed E-state index contributed by atoms with van der Waals surface area (Å²) in [5.74, 6) is -3.81. The van der Waals surface area contributed by atoms with Crippen LogP contribution in [-0.2, 0) is 14.3 Å². The molecule has 4 rings (SSSR count). The summed E-state index contributed by atoms with van der Waals surface area (Å²) in [6.07, 6.45) is 3.27. The molecule has 3 heterocycles. The van der Waals surface area contributed by atoms with Gasteiger partial charge in [-0.1, -0.05) is 29.9 Å². The number of benzene rings is 1. The van der Waals surface area contributed by atoms with Crippen molar-refractivity contribution in [2.75, 3.05) is 4.90 Å². The van der Waals surface area contributed by atoms with E-state index >= 15 is 0 Å². The second-order valence-electron chi connectivity index (χ2n) is 6.97. The van der Waals surface area contributed by atoms with Crippen LogP contribution in [0.15, 0.2) is 48.6 Å². The maximum Gasteiger partial charge on any atom is 0.310 e. The molecule has 130 valence electrons. The lowest BCUT2D eigenvalue weighted by atomic mass is 9.74. The predicted octanol–water partition coefficient (Wildman–Crippen LogP) is 2.53. The van der Waals surface area contributed by atoms with Gasteiger partial charge in [-0.15, -0.1) is 6.58 Å². The summed E-state index contributed by atoms with van der Waals surface area (Å²) in [7, 11) is 0. The zero-order valence-corrected chi connectivity index (χ0v) is 13.7. The number of aliphatic carboxylic acids is 1. The van der Waals surface area contributed by atoms with Crippen molar-refractivity contribution >= 4 is 17.6 Å². The number of hydrogen-bond acceptors (Lipinski definition) is 3. The Morgan fingerprint density at radius 3 is 2.80 bits per heavy atom. The summed E-state index contributed by atoms with van der Waals surface area (Å²) < 4.78 is 20.4. The normalized spacial score (nSPS) is 35.3. The first-order valence-electron chi connectivity index (χ1n) is 8.19. The van der Waals surface area contributed by atoms with Crippen molar-refractivity contribution in [1.29, 1.82) is 0 Å². The van der Waals surface area contributed by atoms with Gasteiger partial charge in [0, 0.05) is 0 Å². The van der Waals surface area contributed by atoms with Gasteiger partial charge in [0.05, 0.1) is 23.8 Å². The SMILES string of the molecule is C=C(C)C[C@H]1N(c2ccccc2F)C(=O)[C@H]2[C@H](C(=O)O)[C@H]3C=C[C@]21O3. The molecule has 2 saturated heterocycles. The minimum atomic E-state index is -1.07. The number of para-hydroxylation sites is 1. The molecule has 5 atom stereocenters. The molecule has 0 aromatic heterocycles. The summed E-state index contributed by atoms with van der Waals surface area (Å²) >= 11 is 0. The van der Waals surface area contributed by atoms with E-state index in [4.69, 9.17) is 4.74 Å². The van der Waals surface area contributed by atoms with Crippen molar-refractivity contribution in [2.45, 2.75) is 31.1 Å². The molecule has 1 spiro atoms. The average Bonchev–Trinajstić information content (AvgIpc) is 3.18. The number of ether oxygens (including phenoxy) is 1. The Morgan fingerprint density at radius 2 is 2.16 bits per heavy atom. The molecule has 0 unspecified atom stereocenters. The van der Waals surface area contributed by atoms with Gasteiger partial charge in [-0.05, 0) is 25.5 Å². The first-order valence-corrected chi connectivity index (χ1v) is 8.19. The topological polar surface area (TPSA) is 66.8 Å². The zero-order valence-electron chi connectivity index (χ0n) is 13.7. The van der Waals surface area contributed by atoms with Crippen LogP contribution < -0.4 is 4.90 Å². The Balaban J connectivity index is 1.87. The summed E-state index contributed by atoms with van der Waals surface area (Å²) in [5, 5.41) is 9.60. The molecular formula is C19H18FNO4. The maximum atomic E-state index is 14.4. The van der Waals surface area contributed by atoms with E-state index < -0.39 is 47.3 Å². The number of carbonyl (C=O) groups is 2. The van der Waals surface area contributed by atoms with E-state index in [0.717, 1.165) is 5.57 Å². The van der Waals surface area contributed by atoms with Gasteiger partial charge in [0.15, 0.2) is 0 Å². The van der Waals surface area contributed by atoms with Crippen LogP contribution in [0.25, 0.3) is 0 Å². The minimum absolute atomic E-state index is 0.145. The van der Waals surface area contributed by atoms with E-state index in [1.165, 1.54) is 17.0 Å². The minimum Gasteiger partial charge on any atom is -0.481 e. The molecule has 3 aliphatic heterocycles. The predicted molar refractivity (Wildman–Crippen MR) is 88.5 cm³/mol. The highest BCUT2D eigenvalue weighted by Gasteiger charge is 2.71. The van der Waals surface area contributed by atoms with Crippen LogP contribution >= 0.6 is 0 Å². The number of carboxylic acids is 1. The van der Waals surface area contributed by atoms with Gasteiger partial charge in [0.25, 0.3) is 0 Å². The summed E-state index contributed by atoms with van der Waals surface area (Å²) in [5.41, 5.74) is -0.0908. The van der Waals surface area contributed by atoms with Crippen molar-refractivity contribution < 1.29 is 23.8 Å². The Hall–Kier alpha value is -2.47. The smallest absolute Gasteiger partial charge is 0.310 e. The third kappa shape index (κ3) is 2.03.